The number of hydrogen-bond donors (Lipinski definition) is 1. The van der Waals surface area contributed by atoms with E-state index < -0.39 is 0 Å². The van der Waals surface area contributed by atoms with E-state index in [1.807, 2.05) is 0 Å². The highest BCUT2D eigenvalue weighted by Gasteiger charge is 2.81. The first kappa shape index (κ1) is 23.4. The summed E-state index contributed by atoms with van der Waals surface area (Å²) in [6.07, 6.45) is 15.1. The second-order valence-corrected chi connectivity index (χ2v) is 15.0. The number of fused-ring (bicyclic) bond motifs is 2. The molecule has 0 aliphatic heterocycles. The van der Waals surface area contributed by atoms with E-state index in [1.165, 1.54) is 69.8 Å². The molecule has 5 aliphatic carbocycles. The molecule has 5 rings (SSSR count). The molecular formula is C31H52O. The van der Waals surface area contributed by atoms with Crippen LogP contribution >= 0.6 is 0 Å². The molecule has 0 radical (unpaired) electrons. The molecule has 1 nitrogen and oxygen atoms in total. The van der Waals surface area contributed by atoms with Gasteiger partial charge in [-0.05, 0) is 127 Å². The second kappa shape index (κ2) is 7.11. The number of hydrogen-bond acceptors (Lipinski definition) is 1. The molecule has 5 saturated carbocycles. The molecule has 0 saturated heterocycles. The minimum absolute atomic E-state index is 0.0381. The van der Waals surface area contributed by atoms with Gasteiger partial charge in [-0.25, -0.2) is 0 Å². The van der Waals surface area contributed by atoms with E-state index in [-0.39, 0.29) is 11.5 Å². The van der Waals surface area contributed by atoms with Crippen molar-refractivity contribution in [1.82, 2.24) is 0 Å². The molecular weight excluding hydrogens is 388 g/mol. The summed E-state index contributed by atoms with van der Waals surface area (Å²) >= 11 is 0. The van der Waals surface area contributed by atoms with Crippen LogP contribution in [0.1, 0.15) is 119 Å². The van der Waals surface area contributed by atoms with Gasteiger partial charge in [0.05, 0.1) is 6.10 Å². The van der Waals surface area contributed by atoms with Gasteiger partial charge in [-0.1, -0.05) is 60.6 Å². The summed E-state index contributed by atoms with van der Waals surface area (Å²) in [5.74, 6) is 3.96. The van der Waals surface area contributed by atoms with Crippen LogP contribution in [0.5, 0.6) is 0 Å². The fraction of sp³-hybridized carbons (Fsp3) is 0.935. The molecule has 0 aromatic rings. The Balaban J connectivity index is 1.36. The van der Waals surface area contributed by atoms with E-state index in [9.17, 15) is 5.11 Å². The molecule has 0 unspecified atom stereocenters. The van der Waals surface area contributed by atoms with Gasteiger partial charge in [0.25, 0.3) is 0 Å². The summed E-state index contributed by atoms with van der Waals surface area (Å²) in [5, 5.41) is 10.6. The van der Waals surface area contributed by atoms with Crippen LogP contribution in [0.15, 0.2) is 12.2 Å². The summed E-state index contributed by atoms with van der Waals surface area (Å²) < 4.78 is 0. The van der Waals surface area contributed by atoms with Crippen LogP contribution < -0.4 is 0 Å². The molecule has 32 heavy (non-hydrogen) atoms. The van der Waals surface area contributed by atoms with Crippen molar-refractivity contribution in [3.8, 4) is 0 Å². The van der Waals surface area contributed by atoms with Crippen LogP contribution in [0.2, 0.25) is 0 Å². The van der Waals surface area contributed by atoms with Gasteiger partial charge in [-0.15, -0.1) is 0 Å². The first-order chi connectivity index (χ1) is 14.8. The molecule has 2 spiro atoms. The van der Waals surface area contributed by atoms with E-state index in [2.05, 4.69) is 55.0 Å². The van der Waals surface area contributed by atoms with Crippen LogP contribution in [-0.4, -0.2) is 11.2 Å². The largest absolute Gasteiger partial charge is 0.393 e. The fourth-order valence-electron chi connectivity index (χ4n) is 11.0. The molecule has 5 aliphatic rings. The molecule has 0 aromatic heterocycles. The van der Waals surface area contributed by atoms with Gasteiger partial charge in [0, 0.05) is 0 Å². The SMILES string of the molecule is C=C(CC[C@@H](C)[C@H]1CC[C@@]2(C)[C@@H]3CC[C@H]4[C@H](C)[C@@H](O)CC[C@@]45C[C@@]35CC[C@]12C)C(C)(C)C. The van der Waals surface area contributed by atoms with Crippen molar-refractivity contribution in [2.24, 2.45) is 56.7 Å². The maximum absolute atomic E-state index is 10.6. The van der Waals surface area contributed by atoms with Gasteiger partial charge in [0.15, 0.2) is 0 Å². The van der Waals surface area contributed by atoms with E-state index in [0.717, 1.165) is 30.1 Å². The van der Waals surface area contributed by atoms with Crippen molar-refractivity contribution in [2.75, 3.05) is 0 Å². The molecule has 1 N–H and O–H groups in total. The third kappa shape index (κ3) is 2.85. The molecule has 10 atom stereocenters. The number of aliphatic hydroxyl groups excluding tert-OH is 1. The summed E-state index contributed by atoms with van der Waals surface area (Å²) in [6, 6.07) is 0. The number of aliphatic hydroxyl groups is 1. The van der Waals surface area contributed by atoms with Crippen LogP contribution in [0.3, 0.4) is 0 Å². The maximum Gasteiger partial charge on any atom is 0.0568 e. The number of rotatable bonds is 4. The Morgan fingerprint density at radius 1 is 0.969 bits per heavy atom. The fourth-order valence-corrected chi connectivity index (χ4v) is 11.0. The average Bonchev–Trinajstić information content (AvgIpc) is 3.31. The van der Waals surface area contributed by atoms with Crippen LogP contribution in [0.25, 0.3) is 0 Å². The summed E-state index contributed by atoms with van der Waals surface area (Å²) in [4.78, 5) is 0. The lowest BCUT2D eigenvalue weighted by Gasteiger charge is -2.62. The van der Waals surface area contributed by atoms with Gasteiger partial charge in [-0.2, -0.15) is 0 Å². The zero-order chi connectivity index (χ0) is 23.3. The smallest absolute Gasteiger partial charge is 0.0568 e. The molecule has 5 fully saturated rings. The van der Waals surface area contributed by atoms with Crippen molar-refractivity contribution in [3.63, 3.8) is 0 Å². The van der Waals surface area contributed by atoms with Crippen molar-refractivity contribution in [3.05, 3.63) is 12.2 Å². The minimum atomic E-state index is -0.0381. The Labute approximate surface area is 199 Å². The average molecular weight is 441 g/mol. The van der Waals surface area contributed by atoms with Gasteiger partial charge < -0.3 is 5.11 Å². The highest BCUT2D eigenvalue weighted by Crippen LogP contribution is 2.88. The first-order valence-electron chi connectivity index (χ1n) is 14.2. The lowest BCUT2D eigenvalue weighted by Crippen LogP contribution is -2.55. The highest BCUT2D eigenvalue weighted by atomic mass is 16.3. The van der Waals surface area contributed by atoms with Crippen molar-refractivity contribution in [2.45, 2.75) is 125 Å². The van der Waals surface area contributed by atoms with Crippen LogP contribution in [0, 0.1) is 56.7 Å². The Morgan fingerprint density at radius 3 is 2.38 bits per heavy atom. The second-order valence-electron chi connectivity index (χ2n) is 15.0. The normalized spacial score (nSPS) is 52.9. The van der Waals surface area contributed by atoms with Crippen molar-refractivity contribution in [1.29, 1.82) is 0 Å². The summed E-state index contributed by atoms with van der Waals surface area (Å²) in [5.41, 5.74) is 3.96. The Morgan fingerprint density at radius 2 is 1.69 bits per heavy atom. The predicted molar refractivity (Wildman–Crippen MR) is 135 cm³/mol. The standard InChI is InChI=1S/C31H52O/c1-20(9-10-21(2)27(4,5)6)23-13-15-29(8)26-12-11-24-22(3)25(32)14-16-30(24)19-31(26,30)18-17-28(23,29)7/h20,22-26,32H,2,9-19H2,1,3-8H3/t20-,22+,23-,24+,25+,26+,28-,29+,30-,31+/m1/s1. The van der Waals surface area contributed by atoms with Crippen LogP contribution in [-0.2, 0) is 0 Å². The van der Waals surface area contributed by atoms with Gasteiger partial charge in [0.2, 0.25) is 0 Å². The minimum Gasteiger partial charge on any atom is -0.393 e. The Kier molecular flexibility index (Phi) is 5.21. The topological polar surface area (TPSA) is 20.2 Å². The quantitative estimate of drug-likeness (QED) is 0.435. The number of allylic oxidation sites excluding steroid dienone is 1. The third-order valence-corrected chi connectivity index (χ3v) is 13.4. The monoisotopic (exact) mass is 440 g/mol. The Hall–Kier alpha value is -0.300. The van der Waals surface area contributed by atoms with E-state index >= 15 is 0 Å². The summed E-state index contributed by atoms with van der Waals surface area (Å²) in [7, 11) is 0. The highest BCUT2D eigenvalue weighted by molar-refractivity contribution is 5.29. The van der Waals surface area contributed by atoms with E-state index in [1.54, 1.807) is 0 Å². The summed E-state index contributed by atoms with van der Waals surface area (Å²) in [6.45, 7) is 21.8. The van der Waals surface area contributed by atoms with Crippen LogP contribution in [0.4, 0.5) is 0 Å². The molecule has 182 valence electrons. The first-order valence-corrected chi connectivity index (χ1v) is 14.2. The molecule has 0 bridgehead atoms. The maximum atomic E-state index is 10.6. The Bertz CT molecular complexity index is 776. The van der Waals surface area contributed by atoms with Crippen molar-refractivity contribution < 1.29 is 5.11 Å². The molecule has 1 heteroatoms. The molecule has 0 heterocycles. The van der Waals surface area contributed by atoms with Crippen molar-refractivity contribution >= 4 is 0 Å². The van der Waals surface area contributed by atoms with Gasteiger partial charge >= 0.3 is 0 Å². The predicted octanol–water partition coefficient (Wildman–Crippen LogP) is 8.41. The molecule has 0 aromatic carbocycles. The van der Waals surface area contributed by atoms with Gasteiger partial charge in [0.1, 0.15) is 0 Å². The van der Waals surface area contributed by atoms with Gasteiger partial charge in [-0.3, -0.25) is 0 Å². The zero-order valence-corrected chi connectivity index (χ0v) is 22.4. The lowest BCUT2D eigenvalue weighted by atomic mass is 9.43. The van der Waals surface area contributed by atoms with E-state index in [4.69, 9.17) is 0 Å². The van der Waals surface area contributed by atoms with E-state index in [0.29, 0.717) is 27.6 Å². The zero-order valence-electron chi connectivity index (χ0n) is 22.4. The molecule has 0 amide bonds. The third-order valence-electron chi connectivity index (χ3n) is 13.4. The lowest BCUT2D eigenvalue weighted by molar-refractivity contribution is -0.142.